The largest absolute Gasteiger partial charge is 0.383 e. The number of unbranched alkanes of at least 4 members (excludes halogenated alkanes) is 6. The van der Waals surface area contributed by atoms with Gasteiger partial charge in [0.15, 0.2) is 0 Å². The standard InChI is InChI=1S/C14H31NO/c1-5-6-7-8-9-10-11-12-15-14(2,3)13-16-4/h15H,5-13H2,1-4H3. The molecule has 0 unspecified atom stereocenters. The molecule has 0 rings (SSSR count). The second-order valence-electron chi connectivity index (χ2n) is 5.36. The minimum Gasteiger partial charge on any atom is -0.383 e. The van der Waals surface area contributed by atoms with Gasteiger partial charge in [0.05, 0.1) is 6.61 Å². The Kier molecular flexibility index (Phi) is 10.0. The molecule has 98 valence electrons. The first-order valence-corrected chi connectivity index (χ1v) is 6.86. The predicted octanol–water partition coefficient (Wildman–Crippen LogP) is 3.75. The first-order chi connectivity index (χ1) is 7.62. The van der Waals surface area contributed by atoms with E-state index in [0.29, 0.717) is 0 Å². The second-order valence-corrected chi connectivity index (χ2v) is 5.36. The molecule has 0 bridgehead atoms. The highest BCUT2D eigenvalue weighted by molar-refractivity contribution is 4.76. The third-order valence-corrected chi connectivity index (χ3v) is 2.89. The summed E-state index contributed by atoms with van der Waals surface area (Å²) in [7, 11) is 1.76. The van der Waals surface area contributed by atoms with Gasteiger partial charge in [-0.1, -0.05) is 45.4 Å². The van der Waals surface area contributed by atoms with Crippen LogP contribution in [0, 0.1) is 0 Å². The number of rotatable bonds is 11. The molecular formula is C14H31NO. The topological polar surface area (TPSA) is 21.3 Å². The fraction of sp³-hybridized carbons (Fsp3) is 1.00. The Hall–Kier alpha value is -0.0800. The number of hydrogen-bond donors (Lipinski definition) is 1. The van der Waals surface area contributed by atoms with Crippen molar-refractivity contribution in [1.29, 1.82) is 0 Å². The molecule has 0 amide bonds. The smallest absolute Gasteiger partial charge is 0.0639 e. The van der Waals surface area contributed by atoms with Crippen molar-refractivity contribution in [3.8, 4) is 0 Å². The van der Waals surface area contributed by atoms with Crippen molar-refractivity contribution in [2.24, 2.45) is 0 Å². The lowest BCUT2D eigenvalue weighted by Gasteiger charge is -2.25. The Balaban J connectivity index is 3.20. The fourth-order valence-corrected chi connectivity index (χ4v) is 1.92. The van der Waals surface area contributed by atoms with Crippen LogP contribution in [-0.4, -0.2) is 25.8 Å². The van der Waals surface area contributed by atoms with Crippen LogP contribution in [0.25, 0.3) is 0 Å². The Bertz CT molecular complexity index is 146. The monoisotopic (exact) mass is 229 g/mol. The van der Waals surface area contributed by atoms with Gasteiger partial charge in [-0.2, -0.15) is 0 Å². The summed E-state index contributed by atoms with van der Waals surface area (Å²) < 4.78 is 5.17. The highest BCUT2D eigenvalue weighted by Gasteiger charge is 2.15. The number of hydrogen-bond acceptors (Lipinski definition) is 2. The van der Waals surface area contributed by atoms with E-state index >= 15 is 0 Å². The van der Waals surface area contributed by atoms with Gasteiger partial charge in [-0.15, -0.1) is 0 Å². The summed E-state index contributed by atoms with van der Waals surface area (Å²) in [6.07, 6.45) is 9.62. The van der Waals surface area contributed by atoms with E-state index in [0.717, 1.165) is 13.2 Å². The SMILES string of the molecule is CCCCCCCCCNC(C)(C)COC. The number of methoxy groups -OCH3 is 1. The maximum absolute atomic E-state index is 5.17. The zero-order chi connectivity index (χ0) is 12.3. The van der Waals surface area contributed by atoms with Crippen molar-refractivity contribution in [2.75, 3.05) is 20.3 Å². The molecule has 2 nitrogen and oxygen atoms in total. The zero-order valence-electron chi connectivity index (χ0n) is 11.8. The summed E-state index contributed by atoms with van der Waals surface area (Å²) in [6, 6.07) is 0. The second kappa shape index (κ2) is 10.1. The average Bonchev–Trinajstić information content (AvgIpc) is 2.22. The summed E-state index contributed by atoms with van der Waals surface area (Å²) in [5.41, 5.74) is 0.122. The van der Waals surface area contributed by atoms with Crippen molar-refractivity contribution in [3.05, 3.63) is 0 Å². The van der Waals surface area contributed by atoms with Crippen molar-refractivity contribution >= 4 is 0 Å². The molecule has 0 atom stereocenters. The zero-order valence-corrected chi connectivity index (χ0v) is 11.8. The summed E-state index contributed by atoms with van der Waals surface area (Å²) >= 11 is 0. The van der Waals surface area contributed by atoms with Crippen LogP contribution in [0.1, 0.15) is 65.7 Å². The quantitative estimate of drug-likeness (QED) is 0.545. The molecule has 0 aliphatic rings. The van der Waals surface area contributed by atoms with E-state index in [1.54, 1.807) is 7.11 Å². The normalized spacial score (nSPS) is 12.0. The average molecular weight is 229 g/mol. The summed E-state index contributed by atoms with van der Waals surface area (Å²) in [5, 5.41) is 3.54. The van der Waals surface area contributed by atoms with E-state index in [9.17, 15) is 0 Å². The van der Waals surface area contributed by atoms with Crippen LogP contribution in [0.4, 0.5) is 0 Å². The van der Waals surface area contributed by atoms with Gasteiger partial charge in [-0.3, -0.25) is 0 Å². The molecule has 2 heteroatoms. The Morgan fingerprint density at radius 1 is 0.938 bits per heavy atom. The minimum atomic E-state index is 0.122. The van der Waals surface area contributed by atoms with Crippen molar-refractivity contribution in [2.45, 2.75) is 71.3 Å². The maximum atomic E-state index is 5.17. The minimum absolute atomic E-state index is 0.122. The van der Waals surface area contributed by atoms with E-state index in [-0.39, 0.29) is 5.54 Å². The third-order valence-electron chi connectivity index (χ3n) is 2.89. The molecule has 0 fully saturated rings. The highest BCUT2D eigenvalue weighted by Crippen LogP contribution is 2.07. The molecule has 0 radical (unpaired) electrons. The molecule has 0 heterocycles. The Morgan fingerprint density at radius 3 is 2.06 bits per heavy atom. The molecule has 16 heavy (non-hydrogen) atoms. The van der Waals surface area contributed by atoms with Crippen LogP contribution >= 0.6 is 0 Å². The molecule has 0 saturated heterocycles. The fourth-order valence-electron chi connectivity index (χ4n) is 1.92. The molecule has 0 aromatic heterocycles. The van der Waals surface area contributed by atoms with E-state index in [4.69, 9.17) is 4.74 Å². The van der Waals surface area contributed by atoms with Gasteiger partial charge in [-0.25, -0.2) is 0 Å². The van der Waals surface area contributed by atoms with Gasteiger partial charge in [-0.05, 0) is 26.8 Å². The molecular weight excluding hydrogens is 198 g/mol. The summed E-state index contributed by atoms with van der Waals surface area (Å²) in [5.74, 6) is 0. The summed E-state index contributed by atoms with van der Waals surface area (Å²) in [4.78, 5) is 0. The van der Waals surface area contributed by atoms with E-state index in [1.807, 2.05) is 0 Å². The van der Waals surface area contributed by atoms with Crippen molar-refractivity contribution in [3.63, 3.8) is 0 Å². The molecule has 0 spiro atoms. The maximum Gasteiger partial charge on any atom is 0.0639 e. The van der Waals surface area contributed by atoms with Gasteiger partial charge in [0.2, 0.25) is 0 Å². The van der Waals surface area contributed by atoms with Crippen LogP contribution in [-0.2, 0) is 4.74 Å². The van der Waals surface area contributed by atoms with Gasteiger partial charge in [0.25, 0.3) is 0 Å². The Morgan fingerprint density at radius 2 is 1.50 bits per heavy atom. The van der Waals surface area contributed by atoms with Gasteiger partial charge in [0, 0.05) is 12.6 Å². The van der Waals surface area contributed by atoms with Crippen molar-refractivity contribution < 1.29 is 4.74 Å². The first kappa shape index (κ1) is 15.9. The molecule has 0 aliphatic heterocycles. The lowest BCUT2D eigenvalue weighted by molar-refractivity contribution is 0.128. The van der Waals surface area contributed by atoms with Crippen LogP contribution in [0.5, 0.6) is 0 Å². The molecule has 0 saturated carbocycles. The molecule has 0 aromatic rings. The van der Waals surface area contributed by atoms with Crippen LogP contribution in [0.2, 0.25) is 0 Å². The van der Waals surface area contributed by atoms with Gasteiger partial charge < -0.3 is 10.1 Å². The molecule has 1 N–H and O–H groups in total. The van der Waals surface area contributed by atoms with E-state index in [1.165, 1.54) is 44.9 Å². The predicted molar refractivity (Wildman–Crippen MR) is 72.0 cm³/mol. The summed E-state index contributed by atoms with van der Waals surface area (Å²) in [6.45, 7) is 8.55. The van der Waals surface area contributed by atoms with Crippen LogP contribution in [0.3, 0.4) is 0 Å². The van der Waals surface area contributed by atoms with E-state index in [2.05, 4.69) is 26.1 Å². The third kappa shape index (κ3) is 10.4. The lowest BCUT2D eigenvalue weighted by Crippen LogP contribution is -2.43. The Labute approximate surface area is 102 Å². The highest BCUT2D eigenvalue weighted by atomic mass is 16.5. The van der Waals surface area contributed by atoms with Gasteiger partial charge in [0.1, 0.15) is 0 Å². The first-order valence-electron chi connectivity index (χ1n) is 6.86. The van der Waals surface area contributed by atoms with Crippen molar-refractivity contribution in [1.82, 2.24) is 5.32 Å². The van der Waals surface area contributed by atoms with Crippen LogP contribution in [0.15, 0.2) is 0 Å². The van der Waals surface area contributed by atoms with Crippen LogP contribution < -0.4 is 5.32 Å². The molecule has 0 aromatic carbocycles. The number of nitrogens with one attached hydrogen (secondary N) is 1. The number of ether oxygens (including phenoxy) is 1. The van der Waals surface area contributed by atoms with E-state index < -0.39 is 0 Å². The van der Waals surface area contributed by atoms with Gasteiger partial charge >= 0.3 is 0 Å². The lowest BCUT2D eigenvalue weighted by atomic mass is 10.1. The molecule has 0 aliphatic carbocycles.